The van der Waals surface area contributed by atoms with Gasteiger partial charge in [-0.2, -0.15) is 0 Å². The van der Waals surface area contributed by atoms with E-state index in [0.717, 1.165) is 12.3 Å². The van der Waals surface area contributed by atoms with Crippen molar-refractivity contribution in [3.8, 4) is 5.75 Å². The third-order valence-electron chi connectivity index (χ3n) is 2.52. The van der Waals surface area contributed by atoms with E-state index in [-0.39, 0.29) is 15.8 Å². The molecule has 0 aliphatic heterocycles. The minimum absolute atomic E-state index is 0.0104. The van der Waals surface area contributed by atoms with Crippen molar-refractivity contribution in [1.29, 1.82) is 0 Å². The highest BCUT2D eigenvalue weighted by Crippen LogP contribution is 2.28. The zero-order valence-electron chi connectivity index (χ0n) is 10.0. The summed E-state index contributed by atoms with van der Waals surface area (Å²) in [6.07, 6.45) is 0.973. The third-order valence-corrected chi connectivity index (χ3v) is 4.63. The van der Waals surface area contributed by atoms with Gasteiger partial charge in [-0.05, 0) is 28.9 Å². The fraction of sp³-hybridized carbons (Fsp3) is 0.364. The first-order valence-electron chi connectivity index (χ1n) is 4.94. The first-order valence-corrected chi connectivity index (χ1v) is 7.69. The summed E-state index contributed by atoms with van der Waals surface area (Å²) in [6.45, 7) is 1.29. The molecule has 0 aliphatic rings. The van der Waals surface area contributed by atoms with Crippen LogP contribution < -0.4 is 4.74 Å². The number of hydrogen-bond acceptors (Lipinski definition) is 4. The molecule has 0 heterocycles. The molecule has 0 spiro atoms. The van der Waals surface area contributed by atoms with Gasteiger partial charge in [0.25, 0.3) is 0 Å². The molecule has 1 unspecified atom stereocenters. The van der Waals surface area contributed by atoms with Gasteiger partial charge in [0.15, 0.2) is 15.6 Å². The monoisotopic (exact) mass is 338 g/mol. The summed E-state index contributed by atoms with van der Waals surface area (Å²) in [5.74, 6) is -1.21. The molecule has 0 fully saturated rings. The Kier molecular flexibility index (Phi) is 4.50. The fourth-order valence-electron chi connectivity index (χ4n) is 1.30. The second-order valence-corrected chi connectivity index (χ2v) is 7.02. The van der Waals surface area contributed by atoms with Crippen LogP contribution in [0.25, 0.3) is 0 Å². The third kappa shape index (κ3) is 3.08. The Labute approximate surface area is 113 Å². The number of carbonyl (C=O) groups excluding carboxylic acids is 1. The van der Waals surface area contributed by atoms with Crippen LogP contribution in [0, 0.1) is 5.82 Å². The highest BCUT2D eigenvalue weighted by atomic mass is 79.9. The predicted octanol–water partition coefficient (Wildman–Crippen LogP) is 2.21. The Morgan fingerprint density at radius 1 is 1.44 bits per heavy atom. The van der Waals surface area contributed by atoms with Crippen LogP contribution in [0.5, 0.6) is 5.75 Å². The minimum atomic E-state index is -3.51. The van der Waals surface area contributed by atoms with Gasteiger partial charge in [0.1, 0.15) is 16.8 Å². The molecule has 0 N–H and O–H groups in total. The second-order valence-electron chi connectivity index (χ2n) is 3.80. The molecule has 7 heteroatoms. The number of carbonyl (C=O) groups is 1. The molecular formula is C11H12BrFO4S. The summed E-state index contributed by atoms with van der Waals surface area (Å²) < 4.78 is 41.0. The molecule has 4 nitrogen and oxygen atoms in total. The van der Waals surface area contributed by atoms with Crippen molar-refractivity contribution in [2.45, 2.75) is 12.2 Å². The van der Waals surface area contributed by atoms with Crippen molar-refractivity contribution in [3.05, 3.63) is 28.0 Å². The number of hydrogen-bond donors (Lipinski definition) is 0. The topological polar surface area (TPSA) is 60.4 Å². The summed E-state index contributed by atoms with van der Waals surface area (Å²) in [7, 11) is -2.23. The molecule has 0 bridgehead atoms. The van der Waals surface area contributed by atoms with E-state index in [1.54, 1.807) is 0 Å². The summed E-state index contributed by atoms with van der Waals surface area (Å²) in [5.41, 5.74) is 0.0312. The zero-order valence-corrected chi connectivity index (χ0v) is 12.4. The lowest BCUT2D eigenvalue weighted by Crippen LogP contribution is -2.26. The second kappa shape index (κ2) is 5.36. The van der Waals surface area contributed by atoms with Crippen molar-refractivity contribution >= 4 is 31.6 Å². The maximum atomic E-state index is 13.3. The van der Waals surface area contributed by atoms with Crippen LogP contribution in [-0.4, -0.2) is 32.8 Å². The van der Waals surface area contributed by atoms with Gasteiger partial charge >= 0.3 is 0 Å². The molecule has 0 saturated carbocycles. The number of sulfone groups is 1. The molecule has 0 amide bonds. The molecule has 1 rings (SSSR count). The molecule has 100 valence electrons. The van der Waals surface area contributed by atoms with E-state index in [1.807, 2.05) is 0 Å². The van der Waals surface area contributed by atoms with Gasteiger partial charge in [0.05, 0.1) is 17.1 Å². The lowest BCUT2D eigenvalue weighted by molar-refractivity contribution is 0.0988. The van der Waals surface area contributed by atoms with Crippen molar-refractivity contribution in [3.63, 3.8) is 0 Å². The van der Waals surface area contributed by atoms with E-state index >= 15 is 0 Å². The van der Waals surface area contributed by atoms with Gasteiger partial charge in [-0.3, -0.25) is 4.79 Å². The molecule has 1 atom stereocenters. The quantitative estimate of drug-likeness (QED) is 0.789. The molecule has 1 aromatic carbocycles. The van der Waals surface area contributed by atoms with Crippen molar-refractivity contribution in [1.82, 2.24) is 0 Å². The Balaban J connectivity index is 3.33. The van der Waals surface area contributed by atoms with E-state index in [0.29, 0.717) is 0 Å². The highest BCUT2D eigenvalue weighted by Gasteiger charge is 2.27. The molecule has 0 aliphatic carbocycles. The zero-order chi connectivity index (χ0) is 14.1. The Bertz CT molecular complexity index is 583. The number of methoxy groups -OCH3 is 1. The van der Waals surface area contributed by atoms with Crippen LogP contribution in [0.4, 0.5) is 4.39 Å². The average molecular weight is 339 g/mol. The van der Waals surface area contributed by atoms with Crippen molar-refractivity contribution in [2.75, 3.05) is 13.4 Å². The van der Waals surface area contributed by atoms with Gasteiger partial charge in [0, 0.05) is 12.3 Å². The normalized spacial score (nSPS) is 13.2. The van der Waals surface area contributed by atoms with Gasteiger partial charge in [0.2, 0.25) is 0 Å². The van der Waals surface area contributed by atoms with Crippen molar-refractivity contribution in [2.24, 2.45) is 0 Å². The van der Waals surface area contributed by atoms with Crippen LogP contribution >= 0.6 is 15.9 Å². The van der Waals surface area contributed by atoms with E-state index in [2.05, 4.69) is 15.9 Å². The van der Waals surface area contributed by atoms with E-state index < -0.39 is 26.7 Å². The van der Waals surface area contributed by atoms with Crippen LogP contribution in [0.15, 0.2) is 16.6 Å². The molecule has 18 heavy (non-hydrogen) atoms. The largest absolute Gasteiger partial charge is 0.496 e. The standard InChI is InChI=1S/C11H12BrFO4S/c1-6(18(3,15)16)11(14)7-4-8(12)9(13)5-10(7)17-2/h4-6H,1-3H3. The molecule has 0 radical (unpaired) electrons. The van der Waals surface area contributed by atoms with Gasteiger partial charge in [-0.1, -0.05) is 0 Å². The molecule has 1 aromatic rings. The number of ketones is 1. The Morgan fingerprint density at radius 2 is 2.00 bits per heavy atom. The van der Waals surface area contributed by atoms with Gasteiger partial charge in [-0.15, -0.1) is 0 Å². The lowest BCUT2D eigenvalue weighted by atomic mass is 10.1. The summed E-state index contributed by atoms with van der Waals surface area (Å²) >= 11 is 2.95. The maximum absolute atomic E-state index is 13.3. The first kappa shape index (κ1) is 15.1. The minimum Gasteiger partial charge on any atom is -0.496 e. The molecule has 0 aromatic heterocycles. The Hall–Kier alpha value is -0.950. The van der Waals surface area contributed by atoms with Gasteiger partial charge < -0.3 is 4.74 Å². The fourth-order valence-corrected chi connectivity index (χ4v) is 2.16. The Morgan fingerprint density at radius 3 is 2.44 bits per heavy atom. The SMILES string of the molecule is COc1cc(F)c(Br)cc1C(=O)C(C)S(C)(=O)=O. The first-order chi connectivity index (χ1) is 8.18. The maximum Gasteiger partial charge on any atom is 0.184 e. The number of rotatable bonds is 4. The highest BCUT2D eigenvalue weighted by molar-refractivity contribution is 9.10. The van der Waals surface area contributed by atoms with E-state index in [9.17, 15) is 17.6 Å². The lowest BCUT2D eigenvalue weighted by Gasteiger charge is -2.12. The summed E-state index contributed by atoms with van der Waals surface area (Å²) in [6, 6.07) is 2.25. The average Bonchev–Trinajstić information content (AvgIpc) is 2.29. The number of Topliss-reactive ketones (excluding diaryl/α,β-unsaturated/α-hetero) is 1. The van der Waals surface area contributed by atoms with Crippen LogP contribution in [0.1, 0.15) is 17.3 Å². The molecule has 0 saturated heterocycles. The number of ether oxygens (including phenoxy) is 1. The van der Waals surface area contributed by atoms with Crippen LogP contribution in [0.3, 0.4) is 0 Å². The summed E-state index contributed by atoms with van der Waals surface area (Å²) in [5, 5.41) is -1.20. The molecular weight excluding hydrogens is 327 g/mol. The van der Waals surface area contributed by atoms with Crippen LogP contribution in [0.2, 0.25) is 0 Å². The number of benzene rings is 1. The van der Waals surface area contributed by atoms with Gasteiger partial charge in [-0.25, -0.2) is 12.8 Å². The smallest absolute Gasteiger partial charge is 0.184 e. The van der Waals surface area contributed by atoms with Crippen molar-refractivity contribution < 1.29 is 22.3 Å². The number of halogens is 2. The van der Waals surface area contributed by atoms with E-state index in [1.165, 1.54) is 20.1 Å². The van der Waals surface area contributed by atoms with Crippen LogP contribution in [-0.2, 0) is 9.84 Å². The van der Waals surface area contributed by atoms with E-state index in [4.69, 9.17) is 4.74 Å². The predicted molar refractivity (Wildman–Crippen MR) is 69.3 cm³/mol. The summed E-state index contributed by atoms with van der Waals surface area (Å²) in [4.78, 5) is 12.0.